The number of rotatable bonds is 0. The molecule has 6 aliphatic rings. The van der Waals surface area contributed by atoms with Crippen molar-refractivity contribution in [3.63, 3.8) is 0 Å². The zero-order valence-corrected chi connectivity index (χ0v) is 39.2. The van der Waals surface area contributed by atoms with Crippen LogP contribution in [0.25, 0.3) is 291 Å². The zero-order valence-electron chi connectivity index (χ0n) is 36.0. The molecule has 302 valence electrons. The molecule has 0 unspecified atom stereocenters. The second-order valence-corrected chi connectivity index (χ2v) is 27.7. The topological polar surface area (TPSA) is 34.1 Å². The number of benzene rings is 18. The molecule has 0 aliphatic heterocycles. The number of ketones is 2. The standard InChI is InChI=1S/C68H4Br2O2/c69-63-64(70)66(72)4-2-68-61-53-45-35-25-17-9-6-5-7-11-13(9)21-27-19(11)29-23-15(7)16-8(5)12-14-10(6)18(17)26-32-22(14)28-20(12)30-24(16)34-33(23)43-37(29)47-41(27)49(39(45)31(21)25)57(61)55(47)59-51(43)52-44(34)38(30)48-42(28)50-40(32)46(36(26)35)54(53)62(68)58(50)56(48)60(52)67(59,68)1-3(4)65(63)71/h1-2H2. The van der Waals surface area contributed by atoms with Crippen LogP contribution >= 0.6 is 31.9 Å². The Bertz CT molecular complexity index is 6980. The largest absolute Gasteiger partial charge is 0.288 e. The average Bonchev–Trinajstić information content (AvgIpc) is 4.28. The summed E-state index contributed by atoms with van der Waals surface area (Å²) in [6, 6.07) is 0. The highest BCUT2D eigenvalue weighted by molar-refractivity contribution is 9.14. The van der Waals surface area contributed by atoms with Crippen molar-refractivity contribution in [1.82, 2.24) is 0 Å². The fourth-order valence-electron chi connectivity index (χ4n) is 25.9. The first-order valence-corrected chi connectivity index (χ1v) is 27.8. The van der Waals surface area contributed by atoms with Crippen molar-refractivity contribution in [2.24, 2.45) is 0 Å². The number of hydrogen-bond acceptors (Lipinski definition) is 2. The Hall–Kier alpha value is -7.76. The molecule has 0 saturated carbocycles. The van der Waals surface area contributed by atoms with Gasteiger partial charge < -0.3 is 0 Å². The number of Topliss-reactive ketones (excluding diaryl/α,β-unsaturated/α-hetero) is 2. The smallest absolute Gasteiger partial charge is 0.197 e. The van der Waals surface area contributed by atoms with E-state index in [1.54, 1.807) is 270 Å². The maximum atomic E-state index is 15.5. The molecule has 0 bridgehead atoms. The van der Waals surface area contributed by atoms with E-state index >= 15 is 9.59 Å². The highest BCUT2D eigenvalue weighted by atomic mass is 79.9. The van der Waals surface area contributed by atoms with Gasteiger partial charge in [0.2, 0.25) is 0 Å². The van der Waals surface area contributed by atoms with Gasteiger partial charge >= 0.3 is 0 Å². The molecule has 0 amide bonds. The number of carbonyl (C=O) groups excluding carboxylic acids is 2. The van der Waals surface area contributed by atoms with Crippen molar-refractivity contribution in [2.75, 3.05) is 0 Å². The number of allylic oxidation sites excluding steroid dienone is 4. The fraction of sp³-hybridized carbons (Fsp3) is 0.0588. The lowest BCUT2D eigenvalue weighted by atomic mass is 9.43. The Kier molecular flexibility index (Phi) is 2.40. The van der Waals surface area contributed by atoms with E-state index in [0.29, 0.717) is 21.8 Å². The van der Waals surface area contributed by atoms with Crippen LogP contribution in [0.1, 0.15) is 35.1 Å². The van der Waals surface area contributed by atoms with Crippen LogP contribution in [-0.4, -0.2) is 11.6 Å². The SMILES string of the molecule is O=C1C(Br)=C(Br)C(=O)C2=C1CC13c4c5c6c7c8c9c(c%10c%11c1c1c4c4c%12c5c5c6c6c8c8c%13c9c9c%10c%10c%11c%11c1c1c4c4c%12c%12c5c5c6c8c6c8c%13c9c9c%10c%10c%11c1c1c4c4c%12c5c6c5c8c9c%10c1c45)C73C2. The van der Waals surface area contributed by atoms with Gasteiger partial charge in [-0.3, -0.25) is 9.59 Å². The van der Waals surface area contributed by atoms with Gasteiger partial charge in [-0.2, -0.15) is 0 Å². The van der Waals surface area contributed by atoms with Crippen molar-refractivity contribution in [2.45, 2.75) is 23.7 Å². The summed E-state index contributed by atoms with van der Waals surface area (Å²) in [6.45, 7) is 0. The summed E-state index contributed by atoms with van der Waals surface area (Å²) in [4.78, 5) is 30.9. The van der Waals surface area contributed by atoms with Gasteiger partial charge in [-0.1, -0.05) is 0 Å². The maximum Gasteiger partial charge on any atom is 0.197 e. The third-order valence-electron chi connectivity index (χ3n) is 26.1. The van der Waals surface area contributed by atoms with Gasteiger partial charge in [0.1, 0.15) is 0 Å². The highest BCUT2D eigenvalue weighted by Crippen LogP contribution is 2.86. The third kappa shape index (κ3) is 1.46. The summed E-state index contributed by atoms with van der Waals surface area (Å²) in [5.74, 6) is 0.00713. The van der Waals surface area contributed by atoms with Gasteiger partial charge in [-0.15, -0.1) is 0 Å². The van der Waals surface area contributed by atoms with Crippen LogP contribution < -0.4 is 0 Å². The molecule has 0 heterocycles. The lowest BCUT2D eigenvalue weighted by Gasteiger charge is -2.57. The van der Waals surface area contributed by atoms with Gasteiger partial charge in [0.05, 0.1) is 8.96 Å². The first-order chi connectivity index (χ1) is 35.6. The molecular weight excluding hydrogens is 1010 g/mol. The summed E-state index contributed by atoms with van der Waals surface area (Å²) in [5, 5.41) is 84.8. The van der Waals surface area contributed by atoms with Gasteiger partial charge in [0, 0.05) is 22.0 Å². The van der Waals surface area contributed by atoms with E-state index in [4.69, 9.17) is 0 Å². The zero-order chi connectivity index (χ0) is 43.4. The quantitative estimate of drug-likeness (QED) is 0.112. The third-order valence-corrected chi connectivity index (χ3v) is 28.1. The number of carbonyl (C=O) groups is 2. The predicted octanol–water partition coefficient (Wildman–Crippen LogP) is 18.5. The van der Waals surface area contributed by atoms with E-state index in [2.05, 4.69) is 31.9 Å². The molecular formula is C68H4Br2O2. The van der Waals surface area contributed by atoms with E-state index in [1.807, 2.05) is 0 Å². The second kappa shape index (κ2) is 6.23. The Balaban J connectivity index is 1.15. The molecule has 2 nitrogen and oxygen atoms in total. The molecule has 0 radical (unpaired) electrons. The Labute approximate surface area is 407 Å². The van der Waals surface area contributed by atoms with Crippen LogP contribution in [0.2, 0.25) is 0 Å². The predicted molar refractivity (Wildman–Crippen MR) is 305 cm³/mol. The molecule has 0 atom stereocenters. The van der Waals surface area contributed by atoms with E-state index < -0.39 is 10.8 Å². The normalized spacial score (nSPS) is 23.6. The molecule has 28 aromatic rings. The van der Waals surface area contributed by atoms with Crippen LogP contribution in [0.15, 0.2) is 20.1 Å². The molecule has 2 spiro atoms. The minimum atomic E-state index is -0.579. The van der Waals surface area contributed by atoms with Gasteiger partial charge in [0.25, 0.3) is 0 Å². The molecule has 0 aromatic heterocycles. The Morgan fingerprint density at radius 2 is 0.306 bits per heavy atom. The van der Waals surface area contributed by atoms with Crippen LogP contribution in [0, 0.1) is 0 Å². The molecule has 72 heavy (non-hydrogen) atoms. The van der Waals surface area contributed by atoms with Crippen molar-refractivity contribution < 1.29 is 9.59 Å². The van der Waals surface area contributed by atoms with Crippen LogP contribution in [0.3, 0.4) is 0 Å². The van der Waals surface area contributed by atoms with Gasteiger partial charge in [-0.25, -0.2) is 0 Å². The monoisotopic (exact) mass is 1010 g/mol. The van der Waals surface area contributed by atoms with Crippen molar-refractivity contribution in [3.05, 3.63) is 42.4 Å². The fourth-order valence-corrected chi connectivity index (χ4v) is 26.7. The summed E-state index contributed by atoms with van der Waals surface area (Å²) in [7, 11) is 0. The first kappa shape index (κ1) is 27.7. The molecule has 0 saturated heterocycles. The number of halogens is 2. The Morgan fingerprint density at radius 1 is 0.194 bits per heavy atom. The van der Waals surface area contributed by atoms with Crippen molar-refractivity contribution in [1.29, 1.82) is 0 Å². The van der Waals surface area contributed by atoms with E-state index in [1.165, 1.54) is 43.1 Å². The van der Waals surface area contributed by atoms with E-state index in [0.717, 1.165) is 11.1 Å². The molecule has 34 rings (SSSR count). The molecule has 6 aliphatic carbocycles. The lowest BCUT2D eigenvalue weighted by Crippen LogP contribution is -2.55. The number of hydrogen-bond donors (Lipinski definition) is 0. The summed E-state index contributed by atoms with van der Waals surface area (Å²) < 4.78 is 0.790. The van der Waals surface area contributed by atoms with Gasteiger partial charge in [-0.05, 0) is 358 Å². The van der Waals surface area contributed by atoms with Crippen LogP contribution in [0.5, 0.6) is 0 Å². The van der Waals surface area contributed by atoms with Crippen LogP contribution in [0.4, 0.5) is 0 Å². The molecule has 4 heteroatoms. The minimum absolute atomic E-state index is 0.00356. The first-order valence-electron chi connectivity index (χ1n) is 26.2. The average molecular weight is 1010 g/mol. The van der Waals surface area contributed by atoms with E-state index in [-0.39, 0.29) is 11.6 Å². The van der Waals surface area contributed by atoms with Crippen molar-refractivity contribution in [3.8, 4) is 0 Å². The summed E-state index contributed by atoms with van der Waals surface area (Å²) in [5.41, 5.74) is 6.57. The highest BCUT2D eigenvalue weighted by Gasteiger charge is 2.72. The van der Waals surface area contributed by atoms with E-state index in [9.17, 15) is 0 Å². The van der Waals surface area contributed by atoms with Crippen molar-refractivity contribution >= 4 is 334 Å². The molecule has 28 aromatic carbocycles. The van der Waals surface area contributed by atoms with Gasteiger partial charge in [0.15, 0.2) is 11.6 Å². The van der Waals surface area contributed by atoms with Crippen LogP contribution in [-0.2, 0) is 20.4 Å². The molecule has 0 fully saturated rings. The maximum absolute atomic E-state index is 15.5. The summed E-state index contributed by atoms with van der Waals surface area (Å²) >= 11 is 7.52. The molecule has 0 N–H and O–H groups in total. The second-order valence-electron chi connectivity index (χ2n) is 26.2. The lowest BCUT2D eigenvalue weighted by molar-refractivity contribution is -0.116. The summed E-state index contributed by atoms with van der Waals surface area (Å²) in [6.07, 6.45) is 1.11. The minimum Gasteiger partial charge on any atom is -0.288 e. The Morgan fingerprint density at radius 3 is 0.431 bits per heavy atom.